The maximum absolute atomic E-state index is 13.4. The SMILES string of the molecule is CC(=O)OC[C@H]1O[C@@H](Oc2c(-c3ccc(O)c(O)c3)oc3cc(O)cc(O)c3c2=O)C(O)C(O)[C@@H]1O. The molecule has 2 unspecified atom stereocenters. The number of ether oxygens (including phenoxy) is 3. The number of carbonyl (C=O) groups is 1. The number of phenolic OH excluding ortho intramolecular Hbond substituents is 4. The maximum Gasteiger partial charge on any atom is 0.302 e. The molecule has 7 N–H and O–H groups in total. The molecule has 0 bridgehead atoms. The zero-order chi connectivity index (χ0) is 26.3. The van der Waals surface area contributed by atoms with Crippen LogP contribution in [-0.2, 0) is 14.3 Å². The van der Waals surface area contributed by atoms with E-state index in [2.05, 4.69) is 0 Å². The molecule has 0 aliphatic carbocycles. The summed E-state index contributed by atoms with van der Waals surface area (Å²) in [5.41, 5.74) is -1.24. The van der Waals surface area contributed by atoms with E-state index in [9.17, 15) is 45.3 Å². The number of aliphatic hydroxyl groups excluding tert-OH is 3. The highest BCUT2D eigenvalue weighted by molar-refractivity contribution is 5.88. The minimum atomic E-state index is -1.89. The van der Waals surface area contributed by atoms with Gasteiger partial charge in [0, 0.05) is 24.6 Å². The molecular formula is C23H22O13. The highest BCUT2D eigenvalue weighted by atomic mass is 16.7. The van der Waals surface area contributed by atoms with Crippen molar-refractivity contribution < 1.29 is 59.2 Å². The van der Waals surface area contributed by atoms with Gasteiger partial charge < -0.3 is 54.4 Å². The van der Waals surface area contributed by atoms with Gasteiger partial charge in [-0.05, 0) is 18.2 Å². The number of hydrogen-bond donors (Lipinski definition) is 7. The van der Waals surface area contributed by atoms with Crippen LogP contribution in [0.5, 0.6) is 28.7 Å². The molecule has 0 saturated carbocycles. The van der Waals surface area contributed by atoms with Crippen LogP contribution in [0.2, 0.25) is 0 Å². The van der Waals surface area contributed by atoms with Gasteiger partial charge in [-0.2, -0.15) is 0 Å². The minimum absolute atomic E-state index is 0.00415. The second-order valence-corrected chi connectivity index (χ2v) is 8.07. The van der Waals surface area contributed by atoms with Crippen LogP contribution in [0, 0.1) is 0 Å². The van der Waals surface area contributed by atoms with Crippen LogP contribution in [-0.4, -0.2) is 79.0 Å². The van der Waals surface area contributed by atoms with E-state index in [4.69, 9.17) is 18.6 Å². The monoisotopic (exact) mass is 506 g/mol. The zero-order valence-electron chi connectivity index (χ0n) is 18.6. The Morgan fingerprint density at radius 3 is 2.33 bits per heavy atom. The fourth-order valence-electron chi connectivity index (χ4n) is 3.70. The summed E-state index contributed by atoms with van der Waals surface area (Å²) in [6.07, 6.45) is -8.54. The van der Waals surface area contributed by atoms with Gasteiger partial charge in [0.05, 0.1) is 0 Å². The molecule has 1 aromatic heterocycles. The molecule has 1 saturated heterocycles. The number of fused-ring (bicyclic) bond motifs is 1. The number of aromatic hydroxyl groups is 4. The molecule has 0 amide bonds. The molecule has 13 heteroatoms. The first kappa shape index (κ1) is 25.1. The molecular weight excluding hydrogens is 484 g/mol. The van der Waals surface area contributed by atoms with E-state index in [0.29, 0.717) is 0 Å². The van der Waals surface area contributed by atoms with Crippen LogP contribution in [0.25, 0.3) is 22.3 Å². The summed E-state index contributed by atoms with van der Waals surface area (Å²) in [6.45, 7) is 0.601. The van der Waals surface area contributed by atoms with E-state index in [1.807, 2.05) is 0 Å². The molecule has 36 heavy (non-hydrogen) atoms. The Kier molecular flexibility index (Phi) is 6.65. The number of rotatable bonds is 5. The van der Waals surface area contributed by atoms with Gasteiger partial charge in [0.1, 0.15) is 53.5 Å². The average molecular weight is 506 g/mol. The Balaban J connectivity index is 1.84. The molecule has 2 aromatic carbocycles. The van der Waals surface area contributed by atoms with Crippen LogP contribution in [0.4, 0.5) is 0 Å². The quantitative estimate of drug-likeness (QED) is 0.180. The van der Waals surface area contributed by atoms with Crippen LogP contribution in [0.1, 0.15) is 6.92 Å². The Hall–Kier alpha value is -4.04. The molecule has 192 valence electrons. The number of hydrogen-bond acceptors (Lipinski definition) is 13. The van der Waals surface area contributed by atoms with Crippen molar-refractivity contribution in [3.63, 3.8) is 0 Å². The minimum Gasteiger partial charge on any atom is -0.508 e. The summed E-state index contributed by atoms with van der Waals surface area (Å²) < 4.78 is 21.5. The van der Waals surface area contributed by atoms with E-state index in [-0.39, 0.29) is 16.9 Å². The predicted molar refractivity (Wildman–Crippen MR) is 119 cm³/mol. The maximum atomic E-state index is 13.4. The Bertz CT molecular complexity index is 1360. The van der Waals surface area contributed by atoms with Crippen molar-refractivity contribution in [2.75, 3.05) is 6.61 Å². The van der Waals surface area contributed by atoms with Crippen molar-refractivity contribution in [2.24, 2.45) is 0 Å². The van der Waals surface area contributed by atoms with Crippen molar-refractivity contribution in [2.45, 2.75) is 37.6 Å². The van der Waals surface area contributed by atoms with Gasteiger partial charge in [0.2, 0.25) is 17.5 Å². The van der Waals surface area contributed by atoms with E-state index in [0.717, 1.165) is 31.2 Å². The highest BCUT2D eigenvalue weighted by Gasteiger charge is 2.46. The molecule has 5 atom stereocenters. The number of esters is 1. The van der Waals surface area contributed by atoms with Crippen molar-refractivity contribution in [1.29, 1.82) is 0 Å². The van der Waals surface area contributed by atoms with Gasteiger partial charge in [-0.15, -0.1) is 0 Å². The lowest BCUT2D eigenvalue weighted by Gasteiger charge is -2.39. The molecule has 0 radical (unpaired) electrons. The van der Waals surface area contributed by atoms with Gasteiger partial charge in [-0.3, -0.25) is 9.59 Å². The second-order valence-electron chi connectivity index (χ2n) is 8.07. The van der Waals surface area contributed by atoms with E-state index >= 15 is 0 Å². The van der Waals surface area contributed by atoms with Crippen LogP contribution in [0.3, 0.4) is 0 Å². The number of carbonyl (C=O) groups excluding carboxylic acids is 1. The third-order valence-electron chi connectivity index (χ3n) is 5.51. The standard InChI is InChI=1S/C23H22O13/c1-8(24)33-7-15-17(29)19(31)20(32)23(35-15)36-22-18(30)16-13(28)5-10(25)6-14(16)34-21(22)9-2-3-11(26)12(27)4-9/h2-6,15,17,19-20,23,25-29,31-32H,7H2,1H3/t15-,17-,19?,20?,23+/m1/s1. The van der Waals surface area contributed by atoms with E-state index in [1.54, 1.807) is 0 Å². The fourth-order valence-corrected chi connectivity index (χ4v) is 3.70. The summed E-state index contributed by atoms with van der Waals surface area (Å²) >= 11 is 0. The Morgan fingerprint density at radius 2 is 1.67 bits per heavy atom. The number of benzene rings is 2. The van der Waals surface area contributed by atoms with Crippen molar-refractivity contribution >= 4 is 16.9 Å². The third-order valence-corrected chi connectivity index (χ3v) is 5.51. The van der Waals surface area contributed by atoms with E-state index < -0.39 is 82.8 Å². The Morgan fingerprint density at radius 1 is 0.944 bits per heavy atom. The first-order chi connectivity index (χ1) is 17.0. The fraction of sp³-hybridized carbons (Fsp3) is 0.304. The summed E-state index contributed by atoms with van der Waals surface area (Å²) in [6, 6.07) is 5.32. The summed E-state index contributed by atoms with van der Waals surface area (Å²) in [5, 5.41) is 70.1. The van der Waals surface area contributed by atoms with Gasteiger partial charge >= 0.3 is 5.97 Å². The normalized spacial score (nSPS) is 23.9. The van der Waals surface area contributed by atoms with Crippen LogP contribution >= 0.6 is 0 Å². The van der Waals surface area contributed by atoms with Gasteiger partial charge in [-0.1, -0.05) is 0 Å². The number of aliphatic hydroxyl groups is 3. The molecule has 0 spiro atoms. The van der Waals surface area contributed by atoms with Gasteiger partial charge in [0.15, 0.2) is 17.3 Å². The average Bonchev–Trinajstić information content (AvgIpc) is 2.81. The summed E-state index contributed by atoms with van der Waals surface area (Å²) in [7, 11) is 0. The smallest absolute Gasteiger partial charge is 0.302 e. The molecule has 4 rings (SSSR count). The topological polar surface area (TPSA) is 217 Å². The lowest BCUT2D eigenvalue weighted by molar-refractivity contribution is -0.278. The number of phenols is 4. The molecule has 1 aliphatic rings. The highest BCUT2D eigenvalue weighted by Crippen LogP contribution is 2.39. The molecule has 1 aliphatic heterocycles. The lowest BCUT2D eigenvalue weighted by Crippen LogP contribution is -2.60. The first-order valence-corrected chi connectivity index (χ1v) is 10.5. The third kappa shape index (κ3) is 4.59. The van der Waals surface area contributed by atoms with Gasteiger partial charge in [-0.25, -0.2) is 0 Å². The van der Waals surface area contributed by atoms with Crippen molar-refractivity contribution in [3.05, 3.63) is 40.6 Å². The van der Waals surface area contributed by atoms with E-state index in [1.165, 1.54) is 6.07 Å². The molecule has 2 heterocycles. The zero-order valence-corrected chi connectivity index (χ0v) is 18.6. The second kappa shape index (κ2) is 9.54. The predicted octanol–water partition coefficient (Wildman–Crippen LogP) is 0.0319. The molecule has 3 aromatic rings. The largest absolute Gasteiger partial charge is 0.508 e. The van der Waals surface area contributed by atoms with Crippen molar-refractivity contribution in [1.82, 2.24) is 0 Å². The van der Waals surface area contributed by atoms with Crippen LogP contribution in [0.15, 0.2) is 39.5 Å². The lowest BCUT2D eigenvalue weighted by atomic mass is 9.99. The van der Waals surface area contributed by atoms with Crippen molar-refractivity contribution in [3.8, 4) is 40.1 Å². The van der Waals surface area contributed by atoms with Crippen LogP contribution < -0.4 is 10.2 Å². The Labute approximate surface area is 201 Å². The summed E-state index contributed by atoms with van der Waals surface area (Å²) in [5.74, 6) is -3.84. The molecule has 13 nitrogen and oxygen atoms in total. The first-order valence-electron chi connectivity index (χ1n) is 10.5. The van der Waals surface area contributed by atoms with Gasteiger partial charge in [0.25, 0.3) is 0 Å². The summed E-state index contributed by atoms with van der Waals surface area (Å²) in [4.78, 5) is 24.5. The molecule has 1 fully saturated rings.